The SMILES string of the molecule is CN1CCC(n2cc(Nc3ncc(Cl)c(-c4ccc(C(=O)O)cc4)n3)cn2)CC1. The van der Waals surface area contributed by atoms with E-state index in [-0.39, 0.29) is 5.56 Å². The molecule has 1 aliphatic rings. The first-order chi connectivity index (χ1) is 14.0. The first kappa shape index (κ1) is 19.4. The fourth-order valence-electron chi connectivity index (χ4n) is 3.39. The van der Waals surface area contributed by atoms with Gasteiger partial charge < -0.3 is 15.3 Å². The molecule has 0 atom stereocenters. The second kappa shape index (κ2) is 8.18. The Morgan fingerprint density at radius 2 is 1.93 bits per heavy atom. The Morgan fingerprint density at radius 3 is 2.62 bits per heavy atom. The highest BCUT2D eigenvalue weighted by molar-refractivity contribution is 6.32. The van der Waals surface area contributed by atoms with Crippen LogP contribution < -0.4 is 5.32 Å². The third-order valence-electron chi connectivity index (χ3n) is 5.07. The first-order valence-electron chi connectivity index (χ1n) is 9.35. The van der Waals surface area contributed by atoms with Crippen LogP contribution in [-0.4, -0.2) is 55.9 Å². The molecule has 4 rings (SSSR count). The summed E-state index contributed by atoms with van der Waals surface area (Å²) in [5, 5.41) is 17.1. The van der Waals surface area contributed by atoms with Gasteiger partial charge in [0.2, 0.25) is 5.95 Å². The summed E-state index contributed by atoms with van der Waals surface area (Å²) in [4.78, 5) is 22.1. The number of carboxylic acid groups (broad SMARTS) is 1. The molecular formula is C20H21ClN6O2. The van der Waals surface area contributed by atoms with E-state index in [0.717, 1.165) is 31.6 Å². The zero-order valence-electron chi connectivity index (χ0n) is 15.9. The van der Waals surface area contributed by atoms with Gasteiger partial charge in [-0.25, -0.2) is 14.8 Å². The molecule has 2 aromatic heterocycles. The molecular weight excluding hydrogens is 392 g/mol. The number of aromatic carboxylic acids is 1. The molecule has 0 unspecified atom stereocenters. The van der Waals surface area contributed by atoms with E-state index in [9.17, 15) is 4.79 Å². The van der Waals surface area contributed by atoms with Gasteiger partial charge in [-0.15, -0.1) is 0 Å². The molecule has 1 saturated heterocycles. The Bertz CT molecular complexity index is 1010. The summed E-state index contributed by atoms with van der Waals surface area (Å²) in [5.74, 6) is -0.580. The fraction of sp³-hybridized carbons (Fsp3) is 0.300. The van der Waals surface area contributed by atoms with Crippen LogP contribution in [0.25, 0.3) is 11.3 Å². The molecule has 0 spiro atoms. The second-order valence-electron chi connectivity index (χ2n) is 7.14. The molecule has 9 heteroatoms. The molecule has 3 aromatic rings. The molecule has 29 heavy (non-hydrogen) atoms. The molecule has 150 valence electrons. The minimum atomic E-state index is -0.977. The summed E-state index contributed by atoms with van der Waals surface area (Å²) < 4.78 is 2.00. The Kier molecular flexibility index (Phi) is 5.46. The standard InChI is InChI=1S/C20H21ClN6O2/c1-26-8-6-16(7-9-26)27-12-15(10-23-27)24-20-22-11-17(21)18(25-20)13-2-4-14(5-3-13)19(28)29/h2-5,10-12,16H,6-9H2,1H3,(H,28,29)(H,22,24,25). The summed E-state index contributed by atoms with van der Waals surface area (Å²) >= 11 is 6.26. The minimum absolute atomic E-state index is 0.207. The quantitative estimate of drug-likeness (QED) is 0.659. The molecule has 0 amide bonds. The Hall–Kier alpha value is -2.97. The lowest BCUT2D eigenvalue weighted by molar-refractivity contribution is 0.0697. The maximum atomic E-state index is 11.0. The van der Waals surface area contributed by atoms with E-state index in [2.05, 4.69) is 32.3 Å². The number of piperidine rings is 1. The molecule has 2 N–H and O–H groups in total. The van der Waals surface area contributed by atoms with Crippen molar-refractivity contribution in [1.29, 1.82) is 0 Å². The number of benzene rings is 1. The lowest BCUT2D eigenvalue weighted by atomic mass is 10.1. The highest BCUT2D eigenvalue weighted by atomic mass is 35.5. The number of hydrogen-bond donors (Lipinski definition) is 2. The number of carboxylic acids is 1. The molecule has 1 fully saturated rings. The number of aromatic nitrogens is 4. The number of rotatable bonds is 5. The second-order valence-corrected chi connectivity index (χ2v) is 7.55. The third-order valence-corrected chi connectivity index (χ3v) is 5.35. The van der Waals surface area contributed by atoms with Gasteiger partial charge in [-0.1, -0.05) is 23.7 Å². The summed E-state index contributed by atoms with van der Waals surface area (Å²) in [5.41, 5.74) is 2.26. The number of anilines is 2. The van der Waals surface area contributed by atoms with Crippen LogP contribution in [0.1, 0.15) is 29.2 Å². The highest BCUT2D eigenvalue weighted by Crippen LogP contribution is 2.28. The normalized spacial score (nSPS) is 15.4. The number of carbonyl (C=O) groups is 1. The fourth-order valence-corrected chi connectivity index (χ4v) is 3.59. The number of hydrogen-bond acceptors (Lipinski definition) is 6. The lowest BCUT2D eigenvalue weighted by Crippen LogP contribution is -2.31. The lowest BCUT2D eigenvalue weighted by Gasteiger charge is -2.28. The van der Waals surface area contributed by atoms with Crippen molar-refractivity contribution in [2.45, 2.75) is 18.9 Å². The topological polar surface area (TPSA) is 96.2 Å². The van der Waals surface area contributed by atoms with Crippen LogP contribution in [0.4, 0.5) is 11.6 Å². The number of nitrogens with one attached hydrogen (secondary N) is 1. The molecule has 3 heterocycles. The van der Waals surface area contributed by atoms with E-state index in [0.29, 0.717) is 28.3 Å². The van der Waals surface area contributed by atoms with Crippen molar-refractivity contribution in [2.24, 2.45) is 0 Å². The van der Waals surface area contributed by atoms with Gasteiger partial charge in [-0.2, -0.15) is 5.10 Å². The van der Waals surface area contributed by atoms with Crippen molar-refractivity contribution in [3.8, 4) is 11.3 Å². The largest absolute Gasteiger partial charge is 0.478 e. The monoisotopic (exact) mass is 412 g/mol. The van der Waals surface area contributed by atoms with Gasteiger partial charge in [0.15, 0.2) is 0 Å². The Morgan fingerprint density at radius 1 is 1.21 bits per heavy atom. The van der Waals surface area contributed by atoms with E-state index >= 15 is 0 Å². The maximum Gasteiger partial charge on any atom is 0.335 e. The van der Waals surface area contributed by atoms with Crippen molar-refractivity contribution in [1.82, 2.24) is 24.6 Å². The summed E-state index contributed by atoms with van der Waals surface area (Å²) in [6.45, 7) is 2.13. The summed E-state index contributed by atoms with van der Waals surface area (Å²) in [7, 11) is 2.14. The molecule has 1 aromatic carbocycles. The molecule has 0 bridgehead atoms. The van der Waals surface area contributed by atoms with Crippen molar-refractivity contribution in [2.75, 3.05) is 25.5 Å². The molecule has 0 aliphatic carbocycles. The Balaban J connectivity index is 1.51. The van der Waals surface area contributed by atoms with Gasteiger partial charge in [-0.05, 0) is 45.1 Å². The van der Waals surface area contributed by atoms with Gasteiger partial charge in [0.05, 0.1) is 40.4 Å². The van der Waals surface area contributed by atoms with Gasteiger partial charge >= 0.3 is 5.97 Å². The zero-order chi connectivity index (χ0) is 20.4. The number of halogens is 1. The summed E-state index contributed by atoms with van der Waals surface area (Å²) in [6.07, 6.45) is 7.41. The average Bonchev–Trinajstić information content (AvgIpc) is 3.18. The highest BCUT2D eigenvalue weighted by Gasteiger charge is 2.19. The average molecular weight is 413 g/mol. The molecule has 1 aliphatic heterocycles. The Labute approximate surface area is 173 Å². The van der Waals surface area contributed by atoms with Crippen LogP contribution in [0.15, 0.2) is 42.9 Å². The van der Waals surface area contributed by atoms with Crippen LogP contribution >= 0.6 is 11.6 Å². The van der Waals surface area contributed by atoms with E-state index in [1.807, 2.05) is 10.9 Å². The third kappa shape index (κ3) is 4.38. The van der Waals surface area contributed by atoms with E-state index in [4.69, 9.17) is 16.7 Å². The maximum absolute atomic E-state index is 11.0. The number of nitrogens with zero attached hydrogens (tertiary/aromatic N) is 5. The van der Waals surface area contributed by atoms with E-state index in [1.54, 1.807) is 18.3 Å². The van der Waals surface area contributed by atoms with Gasteiger partial charge in [0, 0.05) is 11.8 Å². The molecule has 8 nitrogen and oxygen atoms in total. The van der Waals surface area contributed by atoms with E-state index < -0.39 is 5.97 Å². The van der Waals surface area contributed by atoms with Crippen LogP contribution in [0.2, 0.25) is 5.02 Å². The van der Waals surface area contributed by atoms with Gasteiger partial charge in [0.1, 0.15) is 0 Å². The summed E-state index contributed by atoms with van der Waals surface area (Å²) in [6, 6.07) is 6.80. The molecule has 0 saturated carbocycles. The zero-order valence-corrected chi connectivity index (χ0v) is 16.7. The predicted molar refractivity (Wildman–Crippen MR) is 111 cm³/mol. The van der Waals surface area contributed by atoms with Crippen molar-refractivity contribution in [3.63, 3.8) is 0 Å². The predicted octanol–water partition coefficient (Wildman–Crippen LogP) is 3.70. The van der Waals surface area contributed by atoms with Crippen molar-refractivity contribution >= 4 is 29.2 Å². The minimum Gasteiger partial charge on any atom is -0.478 e. The first-order valence-corrected chi connectivity index (χ1v) is 9.73. The number of likely N-dealkylation sites (tertiary alicyclic amines) is 1. The smallest absolute Gasteiger partial charge is 0.335 e. The van der Waals surface area contributed by atoms with E-state index in [1.165, 1.54) is 18.3 Å². The van der Waals surface area contributed by atoms with Crippen LogP contribution in [0.5, 0.6) is 0 Å². The van der Waals surface area contributed by atoms with Crippen LogP contribution in [0, 0.1) is 0 Å². The van der Waals surface area contributed by atoms with Gasteiger partial charge in [0.25, 0.3) is 0 Å². The van der Waals surface area contributed by atoms with Crippen LogP contribution in [0.3, 0.4) is 0 Å². The van der Waals surface area contributed by atoms with Crippen LogP contribution in [-0.2, 0) is 0 Å². The van der Waals surface area contributed by atoms with Crippen molar-refractivity contribution in [3.05, 3.63) is 53.4 Å². The van der Waals surface area contributed by atoms with Gasteiger partial charge in [-0.3, -0.25) is 4.68 Å². The molecule has 0 radical (unpaired) electrons. The van der Waals surface area contributed by atoms with Crippen molar-refractivity contribution < 1.29 is 9.90 Å².